The highest BCUT2D eigenvalue weighted by atomic mass is 35.5. The van der Waals surface area contributed by atoms with Crippen LogP contribution in [0.2, 0.25) is 10.0 Å². The minimum absolute atomic E-state index is 0.0555. The number of halogens is 2. The molecule has 0 saturated carbocycles. The second-order valence-electron chi connectivity index (χ2n) is 6.93. The maximum absolute atomic E-state index is 12.6. The van der Waals surface area contributed by atoms with Crippen molar-refractivity contribution < 1.29 is 19.1 Å². The fourth-order valence-corrected chi connectivity index (χ4v) is 3.34. The van der Waals surface area contributed by atoms with Crippen LogP contribution in [0.15, 0.2) is 34.9 Å². The summed E-state index contributed by atoms with van der Waals surface area (Å²) in [5.74, 6) is 0.116. The van der Waals surface area contributed by atoms with Gasteiger partial charge in [0.15, 0.2) is 0 Å². The van der Waals surface area contributed by atoms with E-state index in [2.05, 4.69) is 10.4 Å². The Hall–Kier alpha value is -2.17. The lowest BCUT2D eigenvalue weighted by Crippen LogP contribution is -2.36. The Morgan fingerprint density at radius 2 is 1.97 bits per heavy atom. The van der Waals surface area contributed by atoms with E-state index in [-0.39, 0.29) is 25.0 Å². The molecule has 2 aliphatic rings. The van der Waals surface area contributed by atoms with Gasteiger partial charge in [0.05, 0.1) is 42.1 Å². The average molecular weight is 470 g/mol. The van der Waals surface area contributed by atoms with Crippen LogP contribution in [0.5, 0.6) is 0 Å². The minimum atomic E-state index is -0.263. The molecule has 0 spiro atoms. The molecule has 2 heterocycles. The van der Waals surface area contributed by atoms with Crippen LogP contribution in [-0.4, -0.2) is 75.2 Å². The van der Waals surface area contributed by atoms with Gasteiger partial charge in [0.25, 0.3) is 5.91 Å². The number of rotatable bonds is 9. The van der Waals surface area contributed by atoms with Crippen molar-refractivity contribution in [3.63, 3.8) is 0 Å². The van der Waals surface area contributed by atoms with Crippen LogP contribution < -0.4 is 16.1 Å². The van der Waals surface area contributed by atoms with Crippen molar-refractivity contribution in [1.82, 2.24) is 10.2 Å². The Morgan fingerprint density at radius 1 is 1.16 bits per heavy atom. The Labute approximate surface area is 190 Å². The summed E-state index contributed by atoms with van der Waals surface area (Å²) in [6, 6.07) is 5.25. The predicted octanol–water partition coefficient (Wildman–Crippen LogP) is 1.39. The molecule has 0 atom stereocenters. The summed E-state index contributed by atoms with van der Waals surface area (Å²) in [5, 5.41) is 9.93. The zero-order valence-electron chi connectivity index (χ0n) is 17.0. The van der Waals surface area contributed by atoms with Gasteiger partial charge in [0, 0.05) is 31.6 Å². The molecule has 31 heavy (non-hydrogen) atoms. The monoisotopic (exact) mass is 469 g/mol. The summed E-state index contributed by atoms with van der Waals surface area (Å²) in [4.78, 5) is 26.3. The van der Waals surface area contributed by atoms with Gasteiger partial charge >= 0.3 is 0 Å². The average Bonchev–Trinajstić information content (AvgIpc) is 3.42. The lowest BCUT2D eigenvalue weighted by Gasteiger charge is -2.16. The zero-order valence-corrected chi connectivity index (χ0v) is 18.5. The van der Waals surface area contributed by atoms with Crippen LogP contribution in [0.3, 0.4) is 0 Å². The van der Waals surface area contributed by atoms with E-state index in [0.717, 1.165) is 5.69 Å². The Kier molecular flexibility index (Phi) is 8.68. The molecule has 2 aliphatic heterocycles. The van der Waals surface area contributed by atoms with Gasteiger partial charge < -0.3 is 25.4 Å². The highest BCUT2D eigenvalue weighted by Gasteiger charge is 2.25. The zero-order chi connectivity index (χ0) is 22.2. The largest absolute Gasteiger partial charge is 0.378 e. The number of amides is 2. The summed E-state index contributed by atoms with van der Waals surface area (Å²) < 4.78 is 10.5. The second-order valence-corrected chi connectivity index (χ2v) is 7.74. The molecular weight excluding hydrogens is 445 g/mol. The summed E-state index contributed by atoms with van der Waals surface area (Å²) in [5.41, 5.74) is 6.64. The maximum atomic E-state index is 12.6. The second kappa shape index (κ2) is 11.4. The molecule has 0 fully saturated rings. The van der Waals surface area contributed by atoms with Gasteiger partial charge in [0.1, 0.15) is 12.4 Å². The molecule has 9 nitrogen and oxygen atoms in total. The lowest BCUT2D eigenvalue weighted by atomic mass is 10.2. The maximum Gasteiger partial charge on any atom is 0.254 e. The number of nitrogens with two attached hydrogens (primary N) is 1. The van der Waals surface area contributed by atoms with Crippen molar-refractivity contribution in [2.45, 2.75) is 6.42 Å². The van der Waals surface area contributed by atoms with E-state index in [1.807, 2.05) is 6.07 Å². The van der Waals surface area contributed by atoms with Crippen LogP contribution in [-0.2, 0) is 19.1 Å². The fraction of sp³-hybridized carbons (Fsp3) is 0.450. The molecule has 168 valence electrons. The standard InChI is InChI=1S/C20H25Cl2N5O4/c21-16-2-1-15(11-17(16)22)27-7-4-18(25-27)24-20(29)14-3-6-26(12-14)19(28)13-31-10-9-30-8-5-23/h1-3,11H,4-10,12-13,23H2,(H,24,25,29). The third kappa shape index (κ3) is 6.65. The molecule has 11 heteroatoms. The Morgan fingerprint density at radius 3 is 2.74 bits per heavy atom. The highest BCUT2D eigenvalue weighted by Crippen LogP contribution is 2.28. The van der Waals surface area contributed by atoms with Crippen LogP contribution in [0.25, 0.3) is 0 Å². The number of amidine groups is 1. The molecular formula is C20H25Cl2N5O4. The number of ether oxygens (including phenoxy) is 2. The van der Waals surface area contributed by atoms with Crippen LogP contribution >= 0.6 is 23.2 Å². The molecule has 1 aromatic carbocycles. The van der Waals surface area contributed by atoms with Gasteiger partial charge in [-0.05, 0) is 18.2 Å². The molecule has 3 rings (SSSR count). The summed E-state index contributed by atoms with van der Waals surface area (Å²) >= 11 is 12.0. The normalized spacial score (nSPS) is 15.8. The van der Waals surface area contributed by atoms with E-state index in [9.17, 15) is 9.59 Å². The third-order valence-electron chi connectivity index (χ3n) is 4.68. The number of nitrogens with one attached hydrogen (secondary N) is 1. The summed E-state index contributed by atoms with van der Waals surface area (Å²) in [6.45, 7) is 2.78. The van der Waals surface area contributed by atoms with Crippen LogP contribution in [0.1, 0.15) is 6.42 Å². The number of anilines is 1. The van der Waals surface area contributed by atoms with Gasteiger partial charge in [-0.2, -0.15) is 5.10 Å². The molecule has 0 saturated heterocycles. The number of carbonyl (C=O) groups is 2. The van der Waals surface area contributed by atoms with Crippen LogP contribution in [0.4, 0.5) is 5.69 Å². The Bertz CT molecular complexity index is 877. The molecule has 2 amide bonds. The van der Waals surface area contributed by atoms with E-state index in [1.54, 1.807) is 28.1 Å². The first-order valence-electron chi connectivity index (χ1n) is 9.91. The third-order valence-corrected chi connectivity index (χ3v) is 5.42. The van der Waals surface area contributed by atoms with Gasteiger partial charge in [0.2, 0.25) is 5.91 Å². The predicted molar refractivity (Wildman–Crippen MR) is 119 cm³/mol. The van der Waals surface area contributed by atoms with Crippen molar-refractivity contribution in [2.75, 3.05) is 57.6 Å². The number of benzene rings is 1. The first-order valence-corrected chi connectivity index (χ1v) is 10.7. The van der Waals surface area contributed by atoms with Gasteiger partial charge in [-0.3, -0.25) is 14.6 Å². The molecule has 0 aliphatic carbocycles. The molecule has 0 radical (unpaired) electrons. The molecule has 3 N–H and O–H groups in total. The van der Waals surface area contributed by atoms with E-state index >= 15 is 0 Å². The molecule has 0 aromatic heterocycles. The van der Waals surface area contributed by atoms with Crippen molar-refractivity contribution >= 4 is 46.5 Å². The Balaban J connectivity index is 1.43. The number of hydrazone groups is 1. The number of hydrogen-bond donors (Lipinski definition) is 2. The number of hydrogen-bond acceptors (Lipinski definition) is 7. The van der Waals surface area contributed by atoms with E-state index in [0.29, 0.717) is 67.3 Å². The van der Waals surface area contributed by atoms with Gasteiger partial charge in [-0.15, -0.1) is 0 Å². The van der Waals surface area contributed by atoms with E-state index in [1.165, 1.54) is 0 Å². The topological polar surface area (TPSA) is 109 Å². The first-order chi connectivity index (χ1) is 15.0. The SMILES string of the molecule is NCCOCCOCC(=O)N1CC=C(C(=O)NC2=NN(c3ccc(Cl)c(Cl)c3)CC2)C1. The quantitative estimate of drug-likeness (QED) is 0.528. The van der Waals surface area contributed by atoms with Gasteiger partial charge in [-0.1, -0.05) is 29.3 Å². The van der Waals surface area contributed by atoms with E-state index in [4.69, 9.17) is 38.4 Å². The first kappa shape index (κ1) is 23.5. The molecule has 0 bridgehead atoms. The van der Waals surface area contributed by atoms with Crippen molar-refractivity contribution in [2.24, 2.45) is 10.8 Å². The highest BCUT2D eigenvalue weighted by molar-refractivity contribution is 6.42. The van der Waals surface area contributed by atoms with Gasteiger partial charge in [-0.25, -0.2) is 0 Å². The van der Waals surface area contributed by atoms with Crippen LogP contribution in [0, 0.1) is 0 Å². The van der Waals surface area contributed by atoms with Crippen molar-refractivity contribution in [1.29, 1.82) is 0 Å². The van der Waals surface area contributed by atoms with Crippen molar-refractivity contribution in [3.8, 4) is 0 Å². The van der Waals surface area contributed by atoms with E-state index < -0.39 is 0 Å². The number of nitrogens with zero attached hydrogens (tertiary/aromatic N) is 3. The molecule has 1 aromatic rings. The summed E-state index contributed by atoms with van der Waals surface area (Å²) in [7, 11) is 0. The lowest BCUT2D eigenvalue weighted by molar-refractivity contribution is -0.135. The fourth-order valence-electron chi connectivity index (χ4n) is 3.05. The smallest absolute Gasteiger partial charge is 0.254 e. The summed E-state index contributed by atoms with van der Waals surface area (Å²) in [6.07, 6.45) is 2.33. The minimum Gasteiger partial charge on any atom is -0.378 e. The van der Waals surface area contributed by atoms with Crippen molar-refractivity contribution in [3.05, 3.63) is 39.9 Å². The number of carbonyl (C=O) groups excluding carboxylic acids is 2. The molecule has 0 unspecified atom stereocenters.